The molecular weight excluding hydrogens is 248 g/mol. The van der Waals surface area contributed by atoms with Gasteiger partial charge in [0.1, 0.15) is 0 Å². The third-order valence-electron chi connectivity index (χ3n) is 2.87. The van der Waals surface area contributed by atoms with E-state index in [1.54, 1.807) is 0 Å². The minimum atomic E-state index is -0.0499. The number of carbonyl (C=O) groups excluding carboxylic acids is 1. The van der Waals surface area contributed by atoms with E-state index in [9.17, 15) is 4.79 Å². The number of halogens is 1. The van der Waals surface area contributed by atoms with Gasteiger partial charge in [-0.15, -0.1) is 11.6 Å². The highest BCUT2D eigenvalue weighted by atomic mass is 35.5. The van der Waals surface area contributed by atoms with Crippen LogP contribution in [-0.2, 0) is 9.53 Å². The largest absolute Gasteiger partial charge is 0.466 e. The topological polar surface area (TPSA) is 26.3 Å². The lowest BCUT2D eigenvalue weighted by molar-refractivity contribution is -0.144. The van der Waals surface area contributed by atoms with Gasteiger partial charge < -0.3 is 4.74 Å². The van der Waals surface area contributed by atoms with E-state index < -0.39 is 0 Å². The molecule has 0 N–H and O–H groups in total. The number of alkyl halides is 1. The molecule has 0 aromatic carbocycles. The summed E-state index contributed by atoms with van der Waals surface area (Å²) in [4.78, 5) is 11.3. The van der Waals surface area contributed by atoms with Crippen LogP contribution in [0.5, 0.6) is 0 Å². The average Bonchev–Trinajstić information content (AvgIpc) is 2.30. The molecule has 0 saturated heterocycles. The standard InChI is InChI=1S/C15H29ClO2/c1-14(2)13-15(17)18-12-10-8-6-4-3-5-7-9-11-16/h14H,3-13H2,1-2H3. The van der Waals surface area contributed by atoms with Crippen molar-refractivity contribution < 1.29 is 9.53 Å². The molecule has 0 saturated carbocycles. The van der Waals surface area contributed by atoms with Crippen LogP contribution in [0.2, 0.25) is 0 Å². The fourth-order valence-corrected chi connectivity index (χ4v) is 2.02. The second-order valence-electron chi connectivity index (χ2n) is 5.34. The van der Waals surface area contributed by atoms with Crippen molar-refractivity contribution >= 4 is 17.6 Å². The van der Waals surface area contributed by atoms with Gasteiger partial charge >= 0.3 is 5.97 Å². The van der Waals surface area contributed by atoms with Crippen LogP contribution in [0.3, 0.4) is 0 Å². The molecule has 0 bridgehead atoms. The molecule has 0 spiro atoms. The summed E-state index contributed by atoms with van der Waals surface area (Å²) in [6.07, 6.45) is 10.3. The number of ether oxygens (including phenoxy) is 1. The van der Waals surface area contributed by atoms with Crippen molar-refractivity contribution in [2.24, 2.45) is 5.92 Å². The van der Waals surface area contributed by atoms with Gasteiger partial charge in [-0.3, -0.25) is 4.79 Å². The monoisotopic (exact) mass is 276 g/mol. The molecule has 0 radical (unpaired) electrons. The predicted octanol–water partition coefficient (Wildman–Crippen LogP) is 4.94. The van der Waals surface area contributed by atoms with Crippen molar-refractivity contribution in [3.05, 3.63) is 0 Å². The summed E-state index contributed by atoms with van der Waals surface area (Å²) >= 11 is 5.61. The van der Waals surface area contributed by atoms with Crippen molar-refractivity contribution in [1.29, 1.82) is 0 Å². The Kier molecular flexibility index (Phi) is 13.0. The zero-order valence-corrected chi connectivity index (χ0v) is 12.8. The molecule has 0 heterocycles. The highest BCUT2D eigenvalue weighted by Gasteiger charge is 2.05. The number of esters is 1. The summed E-state index contributed by atoms with van der Waals surface area (Å²) < 4.78 is 5.16. The van der Waals surface area contributed by atoms with Gasteiger partial charge in [-0.25, -0.2) is 0 Å². The first-order chi connectivity index (χ1) is 8.66. The van der Waals surface area contributed by atoms with Crippen LogP contribution in [0.25, 0.3) is 0 Å². The molecule has 0 aliphatic heterocycles. The van der Waals surface area contributed by atoms with E-state index in [0.717, 1.165) is 18.7 Å². The van der Waals surface area contributed by atoms with E-state index in [-0.39, 0.29) is 5.97 Å². The fourth-order valence-electron chi connectivity index (χ4n) is 1.84. The summed E-state index contributed by atoms with van der Waals surface area (Å²) in [5.74, 6) is 1.14. The quantitative estimate of drug-likeness (QED) is 0.287. The summed E-state index contributed by atoms with van der Waals surface area (Å²) in [5, 5.41) is 0. The highest BCUT2D eigenvalue weighted by Crippen LogP contribution is 2.09. The maximum atomic E-state index is 11.3. The molecule has 0 fully saturated rings. The van der Waals surface area contributed by atoms with Gasteiger partial charge in [0.15, 0.2) is 0 Å². The van der Waals surface area contributed by atoms with E-state index in [4.69, 9.17) is 16.3 Å². The van der Waals surface area contributed by atoms with Crippen LogP contribution in [0.1, 0.15) is 71.6 Å². The van der Waals surface area contributed by atoms with Crippen LogP contribution < -0.4 is 0 Å². The molecule has 18 heavy (non-hydrogen) atoms. The van der Waals surface area contributed by atoms with Crippen molar-refractivity contribution in [3.63, 3.8) is 0 Å². The Labute approximate surface area is 117 Å². The van der Waals surface area contributed by atoms with Crippen molar-refractivity contribution in [2.45, 2.75) is 71.6 Å². The Morgan fingerprint density at radius 1 is 0.944 bits per heavy atom. The Morgan fingerprint density at radius 3 is 1.94 bits per heavy atom. The summed E-state index contributed by atoms with van der Waals surface area (Å²) in [6.45, 7) is 4.66. The summed E-state index contributed by atoms with van der Waals surface area (Å²) in [6, 6.07) is 0. The number of carbonyl (C=O) groups is 1. The van der Waals surface area contributed by atoms with Gasteiger partial charge in [0.2, 0.25) is 0 Å². The van der Waals surface area contributed by atoms with E-state index >= 15 is 0 Å². The molecule has 108 valence electrons. The fraction of sp³-hybridized carbons (Fsp3) is 0.933. The molecule has 0 aliphatic carbocycles. The van der Waals surface area contributed by atoms with Crippen molar-refractivity contribution in [2.75, 3.05) is 12.5 Å². The number of unbranched alkanes of at least 4 members (excludes halogenated alkanes) is 7. The molecular formula is C15H29ClO2. The normalized spacial score (nSPS) is 10.9. The van der Waals surface area contributed by atoms with E-state index in [1.165, 1.54) is 38.5 Å². The molecule has 3 heteroatoms. The Morgan fingerprint density at radius 2 is 1.44 bits per heavy atom. The minimum Gasteiger partial charge on any atom is -0.466 e. The SMILES string of the molecule is CC(C)CC(=O)OCCCCCCCCCCCl. The molecule has 0 rings (SSSR count). The summed E-state index contributed by atoms with van der Waals surface area (Å²) in [7, 11) is 0. The van der Waals surface area contributed by atoms with Gasteiger partial charge in [-0.1, -0.05) is 52.4 Å². The second-order valence-corrected chi connectivity index (χ2v) is 5.71. The number of hydrogen-bond acceptors (Lipinski definition) is 2. The first-order valence-electron chi connectivity index (χ1n) is 7.38. The number of hydrogen-bond donors (Lipinski definition) is 0. The first kappa shape index (κ1) is 17.8. The maximum Gasteiger partial charge on any atom is 0.306 e. The molecule has 0 aromatic heterocycles. The van der Waals surface area contributed by atoms with Gasteiger partial charge in [0.25, 0.3) is 0 Å². The Bertz CT molecular complexity index is 193. The zero-order chi connectivity index (χ0) is 13.6. The Hall–Kier alpha value is -0.240. The van der Waals surface area contributed by atoms with Crippen LogP contribution in [0.4, 0.5) is 0 Å². The molecule has 0 aliphatic rings. The van der Waals surface area contributed by atoms with Crippen molar-refractivity contribution in [1.82, 2.24) is 0 Å². The van der Waals surface area contributed by atoms with Gasteiger partial charge in [0, 0.05) is 12.3 Å². The van der Waals surface area contributed by atoms with Gasteiger partial charge in [-0.05, 0) is 18.8 Å². The van der Waals surface area contributed by atoms with Crippen molar-refractivity contribution in [3.8, 4) is 0 Å². The summed E-state index contributed by atoms with van der Waals surface area (Å²) in [5.41, 5.74) is 0. The third kappa shape index (κ3) is 13.8. The van der Waals surface area contributed by atoms with Crippen LogP contribution in [0.15, 0.2) is 0 Å². The first-order valence-corrected chi connectivity index (χ1v) is 7.92. The lowest BCUT2D eigenvalue weighted by Crippen LogP contribution is -2.08. The lowest BCUT2D eigenvalue weighted by atomic mass is 10.1. The highest BCUT2D eigenvalue weighted by molar-refractivity contribution is 6.17. The van der Waals surface area contributed by atoms with E-state index in [0.29, 0.717) is 18.9 Å². The third-order valence-corrected chi connectivity index (χ3v) is 3.13. The second kappa shape index (κ2) is 13.2. The maximum absolute atomic E-state index is 11.3. The van der Waals surface area contributed by atoms with E-state index in [1.807, 2.05) is 13.8 Å². The zero-order valence-electron chi connectivity index (χ0n) is 12.0. The number of rotatable bonds is 12. The molecule has 0 atom stereocenters. The minimum absolute atomic E-state index is 0.0499. The van der Waals surface area contributed by atoms with E-state index in [2.05, 4.69) is 0 Å². The lowest BCUT2D eigenvalue weighted by Gasteiger charge is -2.06. The average molecular weight is 277 g/mol. The molecule has 0 aromatic rings. The smallest absolute Gasteiger partial charge is 0.306 e. The van der Waals surface area contributed by atoms with Gasteiger partial charge in [0.05, 0.1) is 6.61 Å². The van der Waals surface area contributed by atoms with Crippen LogP contribution >= 0.6 is 11.6 Å². The van der Waals surface area contributed by atoms with Crippen LogP contribution in [-0.4, -0.2) is 18.5 Å². The van der Waals surface area contributed by atoms with Crippen LogP contribution in [0, 0.1) is 5.92 Å². The molecule has 0 unspecified atom stereocenters. The predicted molar refractivity (Wildman–Crippen MR) is 78.1 cm³/mol. The van der Waals surface area contributed by atoms with Gasteiger partial charge in [-0.2, -0.15) is 0 Å². The Balaban J connectivity index is 3.09. The molecule has 0 amide bonds. The molecule has 2 nitrogen and oxygen atoms in total.